The second kappa shape index (κ2) is 6.83. The Hall–Kier alpha value is -1.22. The molecule has 134 valence electrons. The first-order valence-electron chi connectivity index (χ1n) is 7.26. The molecule has 0 N–H and O–H groups in total. The normalized spacial score (nSPS) is 19.3. The number of halogens is 4. The zero-order chi connectivity index (χ0) is 18.2. The van der Waals surface area contributed by atoms with Gasteiger partial charge in [0.1, 0.15) is 0 Å². The molecule has 2 aromatic carbocycles. The van der Waals surface area contributed by atoms with Gasteiger partial charge in [-0.15, -0.1) is 11.8 Å². The van der Waals surface area contributed by atoms with Crippen molar-refractivity contribution in [2.75, 3.05) is 12.3 Å². The number of thioether (sulfide) groups is 1. The lowest BCUT2D eigenvalue weighted by atomic mass is 10.2. The lowest BCUT2D eigenvalue weighted by Gasteiger charge is -2.24. The summed E-state index contributed by atoms with van der Waals surface area (Å²) in [6.07, 6.45) is -4.60. The van der Waals surface area contributed by atoms with Crippen LogP contribution in [0.3, 0.4) is 0 Å². The molecule has 0 bridgehead atoms. The molecule has 3 rings (SSSR count). The van der Waals surface area contributed by atoms with Gasteiger partial charge in [-0.3, -0.25) is 0 Å². The van der Waals surface area contributed by atoms with Crippen molar-refractivity contribution in [1.82, 2.24) is 4.31 Å². The van der Waals surface area contributed by atoms with E-state index in [1.807, 2.05) is 0 Å². The highest BCUT2D eigenvalue weighted by Gasteiger charge is 2.39. The van der Waals surface area contributed by atoms with Gasteiger partial charge in [0.15, 0.2) is 0 Å². The Morgan fingerprint density at radius 2 is 1.84 bits per heavy atom. The van der Waals surface area contributed by atoms with Crippen LogP contribution in [0.4, 0.5) is 13.2 Å². The minimum Gasteiger partial charge on any atom is -0.207 e. The molecule has 1 saturated heterocycles. The fourth-order valence-electron chi connectivity index (χ4n) is 2.59. The molecule has 0 radical (unpaired) electrons. The van der Waals surface area contributed by atoms with Crippen LogP contribution >= 0.6 is 23.4 Å². The molecule has 1 atom stereocenters. The molecule has 25 heavy (non-hydrogen) atoms. The molecule has 1 fully saturated rings. The van der Waals surface area contributed by atoms with Gasteiger partial charge in [-0.2, -0.15) is 17.5 Å². The van der Waals surface area contributed by atoms with Gasteiger partial charge in [0.05, 0.1) is 15.8 Å². The molecule has 0 spiro atoms. The average molecular weight is 408 g/mol. The summed E-state index contributed by atoms with van der Waals surface area (Å²) in [5.74, 6) is 0.536. The zero-order valence-corrected chi connectivity index (χ0v) is 15.1. The highest BCUT2D eigenvalue weighted by molar-refractivity contribution is 8.01. The third-order valence-electron chi connectivity index (χ3n) is 3.79. The molecule has 3 nitrogen and oxygen atoms in total. The SMILES string of the molecule is O=S(=O)(c1cccc(C(F)(F)F)c1)N1CCS[C@H]1c1ccccc1Cl. The van der Waals surface area contributed by atoms with Crippen molar-refractivity contribution in [2.24, 2.45) is 0 Å². The van der Waals surface area contributed by atoms with Crippen molar-refractivity contribution in [3.63, 3.8) is 0 Å². The van der Waals surface area contributed by atoms with Crippen LogP contribution in [-0.4, -0.2) is 25.0 Å². The highest BCUT2D eigenvalue weighted by atomic mass is 35.5. The lowest BCUT2D eigenvalue weighted by Crippen LogP contribution is -2.30. The number of benzene rings is 2. The number of hydrogen-bond acceptors (Lipinski definition) is 3. The van der Waals surface area contributed by atoms with Gasteiger partial charge in [-0.05, 0) is 29.8 Å². The van der Waals surface area contributed by atoms with Gasteiger partial charge in [0.25, 0.3) is 0 Å². The standard InChI is InChI=1S/C16H13ClF3NO2S2/c17-14-7-2-1-6-13(14)15-21(8-9-24-15)25(22,23)12-5-3-4-11(10-12)16(18,19)20/h1-7,10,15H,8-9H2/t15-/m0/s1. The largest absolute Gasteiger partial charge is 0.416 e. The van der Waals surface area contributed by atoms with Crippen molar-refractivity contribution < 1.29 is 21.6 Å². The van der Waals surface area contributed by atoms with Crippen LogP contribution in [0.25, 0.3) is 0 Å². The molecule has 0 amide bonds. The molecule has 0 aromatic heterocycles. The van der Waals surface area contributed by atoms with Crippen molar-refractivity contribution in [1.29, 1.82) is 0 Å². The maximum Gasteiger partial charge on any atom is 0.416 e. The summed E-state index contributed by atoms with van der Waals surface area (Å²) in [5, 5.41) is -0.139. The fourth-order valence-corrected chi connectivity index (χ4v) is 6.21. The summed E-state index contributed by atoms with van der Waals surface area (Å²) in [6, 6.07) is 10.7. The molecule has 2 aromatic rings. The van der Waals surface area contributed by atoms with Gasteiger partial charge in [-0.25, -0.2) is 8.42 Å². The van der Waals surface area contributed by atoms with E-state index in [-0.39, 0.29) is 11.4 Å². The van der Waals surface area contributed by atoms with E-state index in [1.165, 1.54) is 22.1 Å². The molecular formula is C16H13ClF3NO2S2. The minimum absolute atomic E-state index is 0.207. The molecule has 1 heterocycles. The molecule has 1 aliphatic rings. The summed E-state index contributed by atoms with van der Waals surface area (Å²) in [5.41, 5.74) is -0.364. The summed E-state index contributed by atoms with van der Waals surface area (Å²) >= 11 is 7.56. The first-order chi connectivity index (χ1) is 11.7. The van der Waals surface area contributed by atoms with Crippen LogP contribution < -0.4 is 0 Å². The van der Waals surface area contributed by atoms with Gasteiger partial charge in [0.2, 0.25) is 10.0 Å². The predicted molar refractivity (Wildman–Crippen MR) is 92.0 cm³/mol. The lowest BCUT2D eigenvalue weighted by molar-refractivity contribution is -0.137. The Morgan fingerprint density at radius 3 is 2.52 bits per heavy atom. The van der Waals surface area contributed by atoms with Crippen LogP contribution in [0.5, 0.6) is 0 Å². The van der Waals surface area contributed by atoms with E-state index < -0.39 is 27.1 Å². The van der Waals surface area contributed by atoms with Crippen LogP contribution in [0.1, 0.15) is 16.5 Å². The highest BCUT2D eigenvalue weighted by Crippen LogP contribution is 2.44. The summed E-state index contributed by atoms with van der Waals surface area (Å²) < 4.78 is 65.7. The number of nitrogens with zero attached hydrogens (tertiary/aromatic N) is 1. The van der Waals surface area contributed by atoms with E-state index in [2.05, 4.69) is 0 Å². The van der Waals surface area contributed by atoms with Crippen molar-refractivity contribution in [2.45, 2.75) is 16.4 Å². The van der Waals surface area contributed by atoms with Crippen molar-refractivity contribution in [3.8, 4) is 0 Å². The van der Waals surface area contributed by atoms with E-state index in [0.29, 0.717) is 22.4 Å². The minimum atomic E-state index is -4.60. The average Bonchev–Trinajstić information content (AvgIpc) is 3.05. The summed E-state index contributed by atoms with van der Waals surface area (Å²) in [4.78, 5) is -0.373. The van der Waals surface area contributed by atoms with Crippen LogP contribution in [0.2, 0.25) is 5.02 Å². The third kappa shape index (κ3) is 3.67. The second-order valence-corrected chi connectivity index (χ2v) is 8.87. The smallest absolute Gasteiger partial charge is 0.207 e. The van der Waals surface area contributed by atoms with Crippen LogP contribution in [-0.2, 0) is 16.2 Å². The zero-order valence-electron chi connectivity index (χ0n) is 12.7. The van der Waals surface area contributed by atoms with Gasteiger partial charge < -0.3 is 0 Å². The summed E-state index contributed by atoms with van der Waals surface area (Å²) in [7, 11) is -4.08. The number of hydrogen-bond donors (Lipinski definition) is 0. The first kappa shape index (κ1) is 18.6. The maximum atomic E-state index is 12.9. The van der Waals surface area contributed by atoms with E-state index in [1.54, 1.807) is 24.3 Å². The molecular weight excluding hydrogens is 395 g/mol. The molecule has 0 aliphatic carbocycles. The van der Waals surface area contributed by atoms with Gasteiger partial charge in [0, 0.05) is 17.3 Å². The second-order valence-electron chi connectivity index (χ2n) is 5.39. The van der Waals surface area contributed by atoms with Crippen molar-refractivity contribution >= 4 is 33.4 Å². The third-order valence-corrected chi connectivity index (χ3v) is 7.37. The molecule has 1 aliphatic heterocycles. The Morgan fingerprint density at radius 1 is 1.12 bits per heavy atom. The fraction of sp³-hybridized carbons (Fsp3) is 0.250. The Kier molecular flexibility index (Phi) is 5.07. The topological polar surface area (TPSA) is 37.4 Å². The van der Waals surface area contributed by atoms with Gasteiger partial charge in [-0.1, -0.05) is 35.9 Å². The van der Waals surface area contributed by atoms with E-state index in [4.69, 9.17) is 11.6 Å². The predicted octanol–water partition coefficient (Wildman–Crippen LogP) is 4.80. The number of alkyl halides is 3. The Labute approximate surface area is 152 Å². The molecule has 0 unspecified atom stereocenters. The number of rotatable bonds is 3. The monoisotopic (exact) mass is 407 g/mol. The van der Waals surface area contributed by atoms with Gasteiger partial charge >= 0.3 is 6.18 Å². The van der Waals surface area contributed by atoms with E-state index in [9.17, 15) is 21.6 Å². The maximum absolute atomic E-state index is 12.9. The Balaban J connectivity index is 2.01. The quantitative estimate of drug-likeness (QED) is 0.733. The molecule has 0 saturated carbocycles. The van der Waals surface area contributed by atoms with Crippen molar-refractivity contribution in [3.05, 3.63) is 64.7 Å². The van der Waals surface area contributed by atoms with Crippen LogP contribution in [0.15, 0.2) is 53.4 Å². The summed E-state index contributed by atoms with van der Waals surface area (Å²) in [6.45, 7) is 0.207. The van der Waals surface area contributed by atoms with E-state index in [0.717, 1.165) is 12.1 Å². The van der Waals surface area contributed by atoms with Crippen LogP contribution in [0, 0.1) is 0 Å². The Bertz CT molecular complexity index is 887. The first-order valence-corrected chi connectivity index (χ1v) is 10.1. The number of sulfonamides is 1. The van der Waals surface area contributed by atoms with E-state index >= 15 is 0 Å². The molecule has 9 heteroatoms.